The summed E-state index contributed by atoms with van der Waals surface area (Å²) in [6.45, 7) is 3.72. The Hall–Kier alpha value is -1.41. The number of halogens is 2. The Labute approximate surface area is 171 Å². The number of hydrogen-bond acceptors (Lipinski definition) is 4. The van der Waals surface area contributed by atoms with E-state index in [9.17, 15) is 9.59 Å². The number of anilines is 1. The van der Waals surface area contributed by atoms with E-state index in [4.69, 9.17) is 11.6 Å². The fraction of sp³-hybridized carbons (Fsp3) is 0.333. The fourth-order valence-electron chi connectivity index (χ4n) is 2.30. The van der Waals surface area contributed by atoms with Crippen LogP contribution in [0.15, 0.2) is 40.2 Å². The molecule has 0 radical (unpaired) electrons. The Bertz CT molecular complexity index is 768. The van der Waals surface area contributed by atoms with Gasteiger partial charge >= 0.3 is 0 Å². The number of rotatable bonds is 8. The van der Waals surface area contributed by atoms with Crippen molar-refractivity contribution in [3.63, 3.8) is 0 Å². The molecule has 26 heavy (non-hydrogen) atoms. The van der Waals surface area contributed by atoms with Gasteiger partial charge in [-0.1, -0.05) is 30.7 Å². The van der Waals surface area contributed by atoms with Gasteiger partial charge in [-0.05, 0) is 46.7 Å². The second kappa shape index (κ2) is 10.1. The van der Waals surface area contributed by atoms with Crippen LogP contribution in [0.4, 0.5) is 5.69 Å². The van der Waals surface area contributed by atoms with Gasteiger partial charge in [0.1, 0.15) is 0 Å². The first-order valence-corrected chi connectivity index (χ1v) is 10.1. The van der Waals surface area contributed by atoms with Crippen LogP contribution < -0.4 is 5.32 Å². The Morgan fingerprint density at radius 1 is 1.19 bits per heavy atom. The molecule has 8 heteroatoms. The number of amides is 2. The van der Waals surface area contributed by atoms with Crippen molar-refractivity contribution >= 4 is 56.4 Å². The maximum atomic E-state index is 12.4. The Morgan fingerprint density at radius 2 is 1.92 bits per heavy atom. The molecular formula is C18H21BrClN3O2S. The summed E-state index contributed by atoms with van der Waals surface area (Å²) in [5.74, 6) is -0.379. The number of benzene rings is 1. The minimum Gasteiger partial charge on any atom is -0.335 e. The molecule has 1 N–H and O–H groups in total. The van der Waals surface area contributed by atoms with Crippen LogP contribution in [0.1, 0.15) is 11.8 Å². The molecule has 0 bridgehead atoms. The third kappa shape index (κ3) is 6.39. The van der Waals surface area contributed by atoms with Gasteiger partial charge in [0.15, 0.2) is 0 Å². The van der Waals surface area contributed by atoms with Gasteiger partial charge in [-0.2, -0.15) is 0 Å². The quantitative estimate of drug-likeness (QED) is 0.648. The number of para-hydroxylation sites is 1. The molecule has 2 aromatic rings. The largest absolute Gasteiger partial charge is 0.335 e. The van der Waals surface area contributed by atoms with E-state index in [1.54, 1.807) is 42.6 Å². The summed E-state index contributed by atoms with van der Waals surface area (Å²) in [5.41, 5.74) is 0.540. The third-order valence-corrected chi connectivity index (χ3v) is 5.71. The molecule has 1 heterocycles. The molecule has 5 nitrogen and oxygen atoms in total. The highest BCUT2D eigenvalue weighted by atomic mass is 79.9. The number of carbonyl (C=O) groups is 2. The molecule has 0 unspecified atom stereocenters. The number of carbonyl (C=O) groups excluding carboxylic acids is 2. The first kappa shape index (κ1) is 20.9. The highest BCUT2D eigenvalue weighted by molar-refractivity contribution is 9.11. The van der Waals surface area contributed by atoms with Gasteiger partial charge in [-0.3, -0.25) is 14.5 Å². The van der Waals surface area contributed by atoms with Crippen molar-refractivity contribution in [2.45, 2.75) is 13.5 Å². The predicted octanol–water partition coefficient (Wildman–Crippen LogP) is 4.08. The average molecular weight is 459 g/mol. The van der Waals surface area contributed by atoms with E-state index in [1.165, 1.54) is 9.78 Å². The minimum absolute atomic E-state index is 0.0217. The van der Waals surface area contributed by atoms with Gasteiger partial charge in [-0.15, -0.1) is 11.3 Å². The number of likely N-dealkylation sites (N-methyl/N-ethyl adjacent to an activating group) is 2. The summed E-state index contributed by atoms with van der Waals surface area (Å²) >= 11 is 11.1. The Morgan fingerprint density at radius 3 is 2.54 bits per heavy atom. The number of nitrogens with one attached hydrogen (secondary N) is 1. The van der Waals surface area contributed by atoms with E-state index >= 15 is 0 Å². The van der Waals surface area contributed by atoms with Crippen LogP contribution >= 0.6 is 38.9 Å². The van der Waals surface area contributed by atoms with E-state index < -0.39 is 0 Å². The zero-order valence-electron chi connectivity index (χ0n) is 14.7. The molecule has 0 aliphatic rings. The predicted molar refractivity (Wildman–Crippen MR) is 111 cm³/mol. The SMILES string of the molecule is CCN(CC(=O)N(C)CC(=O)Nc1ccccc1Cl)Cc1ccc(Br)s1. The molecule has 0 spiro atoms. The van der Waals surface area contributed by atoms with Gasteiger partial charge in [-0.25, -0.2) is 0 Å². The second-order valence-corrected chi connectivity index (χ2v) is 8.74. The summed E-state index contributed by atoms with van der Waals surface area (Å²) in [5, 5.41) is 3.19. The molecule has 0 aliphatic carbocycles. The number of nitrogens with zero attached hydrogens (tertiary/aromatic N) is 2. The molecule has 1 aromatic carbocycles. The normalized spacial score (nSPS) is 10.8. The van der Waals surface area contributed by atoms with E-state index in [-0.39, 0.29) is 24.9 Å². The summed E-state index contributed by atoms with van der Waals surface area (Å²) in [4.78, 5) is 29.2. The minimum atomic E-state index is -0.279. The summed E-state index contributed by atoms with van der Waals surface area (Å²) in [7, 11) is 1.63. The molecule has 0 saturated heterocycles. The second-order valence-electron chi connectivity index (χ2n) is 5.79. The molecule has 0 atom stereocenters. The van der Waals surface area contributed by atoms with Crippen LogP contribution in [0.5, 0.6) is 0 Å². The highest BCUT2D eigenvalue weighted by Crippen LogP contribution is 2.23. The molecule has 0 saturated carbocycles. The lowest BCUT2D eigenvalue weighted by Crippen LogP contribution is -2.41. The van der Waals surface area contributed by atoms with Crippen molar-refractivity contribution < 1.29 is 9.59 Å². The molecule has 0 fully saturated rings. The fourth-order valence-corrected chi connectivity index (χ4v) is 4.01. The van der Waals surface area contributed by atoms with Gasteiger partial charge in [0.2, 0.25) is 11.8 Å². The monoisotopic (exact) mass is 457 g/mol. The molecule has 2 rings (SSSR count). The highest BCUT2D eigenvalue weighted by Gasteiger charge is 2.17. The van der Waals surface area contributed by atoms with Gasteiger partial charge < -0.3 is 10.2 Å². The van der Waals surface area contributed by atoms with Gasteiger partial charge in [0, 0.05) is 18.5 Å². The maximum Gasteiger partial charge on any atom is 0.244 e. The first-order chi connectivity index (χ1) is 12.4. The smallest absolute Gasteiger partial charge is 0.244 e. The lowest BCUT2D eigenvalue weighted by Gasteiger charge is -2.23. The number of hydrogen-bond donors (Lipinski definition) is 1. The maximum absolute atomic E-state index is 12.4. The van der Waals surface area contributed by atoms with Crippen LogP contribution in [0.2, 0.25) is 5.02 Å². The van der Waals surface area contributed by atoms with Crippen LogP contribution in [-0.2, 0) is 16.1 Å². The van der Waals surface area contributed by atoms with Crippen molar-refractivity contribution in [1.29, 1.82) is 0 Å². The van der Waals surface area contributed by atoms with Crippen LogP contribution in [0.25, 0.3) is 0 Å². The van der Waals surface area contributed by atoms with Gasteiger partial charge in [0.25, 0.3) is 0 Å². The standard InChI is InChI=1S/C18H21BrClN3O2S/c1-3-23(10-13-8-9-16(19)26-13)12-18(25)22(2)11-17(24)21-15-7-5-4-6-14(15)20/h4-9H,3,10-12H2,1-2H3,(H,21,24). The van der Waals surface area contributed by atoms with E-state index in [0.29, 0.717) is 17.3 Å². The van der Waals surface area contributed by atoms with E-state index in [0.717, 1.165) is 10.3 Å². The summed E-state index contributed by atoms with van der Waals surface area (Å²) in [6.07, 6.45) is 0. The van der Waals surface area contributed by atoms with Crippen LogP contribution in [-0.4, -0.2) is 48.3 Å². The molecular weight excluding hydrogens is 438 g/mol. The van der Waals surface area contributed by atoms with E-state index in [1.807, 2.05) is 24.0 Å². The molecule has 2 amide bonds. The molecule has 140 valence electrons. The third-order valence-electron chi connectivity index (χ3n) is 3.77. The van der Waals surface area contributed by atoms with Gasteiger partial charge in [0.05, 0.1) is 27.6 Å². The first-order valence-electron chi connectivity index (χ1n) is 8.14. The zero-order valence-corrected chi connectivity index (χ0v) is 17.8. The lowest BCUT2D eigenvalue weighted by molar-refractivity contribution is -0.134. The van der Waals surface area contributed by atoms with Crippen molar-refractivity contribution in [2.24, 2.45) is 0 Å². The van der Waals surface area contributed by atoms with Crippen molar-refractivity contribution in [3.05, 3.63) is 50.1 Å². The Balaban J connectivity index is 1.85. The average Bonchev–Trinajstić information content (AvgIpc) is 3.01. The zero-order chi connectivity index (χ0) is 19.1. The molecule has 0 aliphatic heterocycles. The lowest BCUT2D eigenvalue weighted by atomic mass is 10.3. The number of thiophene rings is 1. The van der Waals surface area contributed by atoms with Crippen molar-refractivity contribution in [3.8, 4) is 0 Å². The summed E-state index contributed by atoms with van der Waals surface area (Å²) in [6, 6.07) is 11.1. The summed E-state index contributed by atoms with van der Waals surface area (Å²) < 4.78 is 1.07. The van der Waals surface area contributed by atoms with Crippen LogP contribution in [0.3, 0.4) is 0 Å². The topological polar surface area (TPSA) is 52.7 Å². The van der Waals surface area contributed by atoms with E-state index in [2.05, 4.69) is 21.2 Å². The van der Waals surface area contributed by atoms with Crippen molar-refractivity contribution in [1.82, 2.24) is 9.80 Å². The Kier molecular flexibility index (Phi) is 8.09. The van der Waals surface area contributed by atoms with Crippen molar-refractivity contribution in [2.75, 3.05) is 32.0 Å². The van der Waals surface area contributed by atoms with Crippen LogP contribution in [0, 0.1) is 0 Å². The molecule has 1 aromatic heterocycles.